The van der Waals surface area contributed by atoms with E-state index in [9.17, 15) is 4.79 Å². The molecule has 0 bridgehead atoms. The van der Waals surface area contributed by atoms with Gasteiger partial charge >= 0.3 is 0 Å². The number of hydrogen-bond acceptors (Lipinski definition) is 3. The molecule has 0 radical (unpaired) electrons. The molecule has 1 aromatic heterocycles. The lowest BCUT2D eigenvalue weighted by molar-refractivity contribution is 0.0886. The number of hydrogen-bond donors (Lipinski definition) is 1. The molecular formula is C17H28N4O. The van der Waals surface area contributed by atoms with Crippen molar-refractivity contribution in [1.29, 1.82) is 0 Å². The number of aromatic nitrogens is 2. The quantitative estimate of drug-likeness (QED) is 0.907. The number of rotatable bonds is 5. The first-order valence-corrected chi connectivity index (χ1v) is 8.54. The fourth-order valence-electron chi connectivity index (χ4n) is 3.61. The summed E-state index contributed by atoms with van der Waals surface area (Å²) in [5.74, 6) is 1.19. The average Bonchev–Trinajstić information content (AvgIpc) is 3.23. The van der Waals surface area contributed by atoms with Gasteiger partial charge in [0, 0.05) is 25.6 Å². The van der Waals surface area contributed by atoms with Crippen LogP contribution in [0.15, 0.2) is 6.07 Å². The second-order valence-electron chi connectivity index (χ2n) is 7.24. The molecule has 1 heterocycles. The Morgan fingerprint density at radius 2 is 2.05 bits per heavy atom. The first-order chi connectivity index (χ1) is 10.5. The maximum Gasteiger partial charge on any atom is 0.269 e. The normalized spacial score (nSPS) is 25.5. The van der Waals surface area contributed by atoms with Gasteiger partial charge in [0.15, 0.2) is 0 Å². The van der Waals surface area contributed by atoms with E-state index in [2.05, 4.69) is 29.4 Å². The molecule has 1 N–H and O–H groups in total. The summed E-state index contributed by atoms with van der Waals surface area (Å²) in [7, 11) is 6.09. The van der Waals surface area contributed by atoms with E-state index in [-0.39, 0.29) is 5.91 Å². The van der Waals surface area contributed by atoms with Crippen LogP contribution in [0.4, 0.5) is 0 Å². The van der Waals surface area contributed by atoms with Gasteiger partial charge in [0.1, 0.15) is 5.69 Å². The van der Waals surface area contributed by atoms with Crippen molar-refractivity contribution in [2.75, 3.05) is 20.6 Å². The van der Waals surface area contributed by atoms with Crippen LogP contribution in [0.2, 0.25) is 0 Å². The largest absolute Gasteiger partial charge is 0.348 e. The predicted molar refractivity (Wildman–Crippen MR) is 86.9 cm³/mol. The number of nitrogens with zero attached hydrogens (tertiary/aromatic N) is 3. The first-order valence-electron chi connectivity index (χ1n) is 8.54. The maximum absolute atomic E-state index is 12.6. The van der Waals surface area contributed by atoms with Crippen LogP contribution < -0.4 is 5.32 Å². The molecule has 0 aliphatic heterocycles. The third-order valence-corrected chi connectivity index (χ3v) is 4.95. The van der Waals surface area contributed by atoms with Gasteiger partial charge in [-0.15, -0.1) is 0 Å². The van der Waals surface area contributed by atoms with Crippen molar-refractivity contribution >= 4 is 5.91 Å². The van der Waals surface area contributed by atoms with Crippen LogP contribution in [0.25, 0.3) is 0 Å². The molecule has 2 atom stereocenters. The van der Waals surface area contributed by atoms with Gasteiger partial charge in [0.25, 0.3) is 5.91 Å². The van der Waals surface area contributed by atoms with Gasteiger partial charge in [-0.2, -0.15) is 5.10 Å². The summed E-state index contributed by atoms with van der Waals surface area (Å²) in [5.41, 5.74) is 1.79. The highest BCUT2D eigenvalue weighted by Crippen LogP contribution is 2.39. The topological polar surface area (TPSA) is 50.2 Å². The maximum atomic E-state index is 12.6. The Bertz CT molecular complexity index is 533. The predicted octanol–water partition coefficient (Wildman–Crippen LogP) is 2.15. The molecule has 5 nitrogen and oxygen atoms in total. The van der Waals surface area contributed by atoms with E-state index >= 15 is 0 Å². The smallest absolute Gasteiger partial charge is 0.269 e. The minimum Gasteiger partial charge on any atom is -0.348 e. The molecule has 0 saturated heterocycles. The SMILES string of the molecule is CN(C)CC1CCCCC1NC(=O)c1cc(C2CC2)nn1C. The first kappa shape index (κ1) is 15.5. The van der Waals surface area contributed by atoms with Crippen LogP contribution in [-0.2, 0) is 7.05 Å². The van der Waals surface area contributed by atoms with Crippen molar-refractivity contribution < 1.29 is 4.79 Å². The van der Waals surface area contributed by atoms with Gasteiger partial charge in [-0.1, -0.05) is 12.8 Å². The van der Waals surface area contributed by atoms with Crippen molar-refractivity contribution in [1.82, 2.24) is 20.0 Å². The molecular weight excluding hydrogens is 276 g/mol. The van der Waals surface area contributed by atoms with Crippen LogP contribution >= 0.6 is 0 Å². The molecule has 22 heavy (non-hydrogen) atoms. The highest BCUT2D eigenvalue weighted by atomic mass is 16.2. The summed E-state index contributed by atoms with van der Waals surface area (Å²) in [4.78, 5) is 14.9. The molecule has 2 aliphatic carbocycles. The minimum atomic E-state index is 0.0394. The van der Waals surface area contributed by atoms with Crippen molar-refractivity contribution in [2.45, 2.75) is 50.5 Å². The third-order valence-electron chi connectivity index (χ3n) is 4.95. The van der Waals surface area contributed by atoms with Crippen molar-refractivity contribution in [3.05, 3.63) is 17.5 Å². The van der Waals surface area contributed by atoms with E-state index < -0.39 is 0 Å². The van der Waals surface area contributed by atoms with Gasteiger partial charge in [-0.3, -0.25) is 9.48 Å². The Kier molecular flexibility index (Phi) is 4.52. The fraction of sp³-hybridized carbons (Fsp3) is 0.765. The number of amides is 1. The van der Waals surface area contributed by atoms with Gasteiger partial charge in [-0.05, 0) is 51.8 Å². The summed E-state index contributed by atoms with van der Waals surface area (Å²) in [6, 6.07) is 2.28. The molecule has 2 unspecified atom stereocenters. The summed E-state index contributed by atoms with van der Waals surface area (Å²) in [6.07, 6.45) is 7.23. The molecule has 2 saturated carbocycles. The van der Waals surface area contributed by atoms with Gasteiger partial charge in [0.05, 0.1) is 5.69 Å². The van der Waals surface area contributed by atoms with Crippen LogP contribution in [-0.4, -0.2) is 47.3 Å². The summed E-state index contributed by atoms with van der Waals surface area (Å²) in [6.45, 7) is 1.05. The van der Waals surface area contributed by atoms with Gasteiger partial charge < -0.3 is 10.2 Å². The zero-order chi connectivity index (χ0) is 15.7. The highest BCUT2D eigenvalue weighted by Gasteiger charge is 2.30. The lowest BCUT2D eigenvalue weighted by Crippen LogP contribution is -2.45. The molecule has 5 heteroatoms. The summed E-state index contributed by atoms with van der Waals surface area (Å²) >= 11 is 0. The van der Waals surface area contributed by atoms with Gasteiger partial charge in [-0.25, -0.2) is 0 Å². The Morgan fingerprint density at radius 1 is 1.32 bits per heavy atom. The second-order valence-corrected chi connectivity index (χ2v) is 7.24. The van der Waals surface area contributed by atoms with Crippen molar-refractivity contribution in [2.24, 2.45) is 13.0 Å². The van der Waals surface area contributed by atoms with Crippen molar-refractivity contribution in [3.8, 4) is 0 Å². The van der Waals surface area contributed by atoms with Crippen LogP contribution in [0.1, 0.15) is 60.6 Å². The molecule has 1 aromatic rings. The molecule has 0 spiro atoms. The van der Waals surface area contributed by atoms with Crippen molar-refractivity contribution in [3.63, 3.8) is 0 Å². The fourth-order valence-corrected chi connectivity index (χ4v) is 3.61. The third kappa shape index (κ3) is 3.51. The minimum absolute atomic E-state index is 0.0394. The molecule has 2 fully saturated rings. The van der Waals surface area contributed by atoms with E-state index in [4.69, 9.17) is 0 Å². The summed E-state index contributed by atoms with van der Waals surface area (Å²) in [5, 5.41) is 7.78. The van der Waals surface area contributed by atoms with Gasteiger partial charge in [0.2, 0.25) is 0 Å². The van der Waals surface area contributed by atoms with E-state index in [1.165, 1.54) is 32.1 Å². The lowest BCUT2D eigenvalue weighted by Gasteiger charge is -2.33. The molecule has 122 valence electrons. The molecule has 1 amide bonds. The monoisotopic (exact) mass is 304 g/mol. The molecule has 3 rings (SSSR count). The standard InChI is InChI=1S/C17H28N4O/c1-20(2)11-13-6-4-5-7-14(13)18-17(22)16-10-15(12-8-9-12)19-21(16)3/h10,12-14H,4-9,11H2,1-3H3,(H,18,22). The van der Waals surface area contributed by atoms with E-state index in [1.54, 1.807) is 4.68 Å². The lowest BCUT2D eigenvalue weighted by atomic mass is 9.84. The molecule has 2 aliphatic rings. The number of carbonyl (C=O) groups is 1. The van der Waals surface area contributed by atoms with E-state index in [0.29, 0.717) is 23.6 Å². The highest BCUT2D eigenvalue weighted by molar-refractivity contribution is 5.93. The Labute approximate surface area is 133 Å². The summed E-state index contributed by atoms with van der Waals surface area (Å²) < 4.78 is 1.74. The van der Waals surface area contributed by atoms with Crippen LogP contribution in [0.5, 0.6) is 0 Å². The Hall–Kier alpha value is -1.36. The van der Waals surface area contributed by atoms with Crippen LogP contribution in [0.3, 0.4) is 0 Å². The van der Waals surface area contributed by atoms with Crippen LogP contribution in [0, 0.1) is 5.92 Å². The average molecular weight is 304 g/mol. The van der Waals surface area contributed by atoms with E-state index in [0.717, 1.165) is 18.7 Å². The van der Waals surface area contributed by atoms with E-state index in [1.807, 2.05) is 13.1 Å². The Balaban J connectivity index is 1.66. The number of carbonyl (C=O) groups excluding carboxylic acids is 1. The second kappa shape index (κ2) is 6.41. The zero-order valence-corrected chi connectivity index (χ0v) is 14.0. The number of aryl methyl sites for hydroxylation is 1. The number of nitrogens with one attached hydrogen (secondary N) is 1. The Morgan fingerprint density at radius 3 is 2.73 bits per heavy atom. The molecule has 0 aromatic carbocycles. The zero-order valence-electron chi connectivity index (χ0n) is 14.0.